The Morgan fingerprint density at radius 2 is 2.20 bits per heavy atom. The molecule has 1 N–H and O–H groups in total. The number of oxazole rings is 1. The summed E-state index contributed by atoms with van der Waals surface area (Å²) in [4.78, 5) is 21.2. The molecule has 0 radical (unpaired) electrons. The standard InChI is InChI=1S/C17H18N4O3S/c1-2-13(25-17-19-11-5-3-4-6-12(11)23-17)15(22)18-9-14-20-16(24-21-14)10-7-8-10/h3-6,10,13H,2,7-9H2,1H3,(H,18,22). The molecule has 0 aliphatic heterocycles. The van der Waals surface area contributed by atoms with Gasteiger partial charge in [0.05, 0.1) is 11.8 Å². The molecule has 3 aromatic rings. The quantitative estimate of drug-likeness (QED) is 0.648. The van der Waals surface area contributed by atoms with Crippen LogP contribution in [0.2, 0.25) is 0 Å². The predicted octanol–water partition coefficient (Wildman–Crippen LogP) is 3.28. The molecule has 1 amide bonds. The molecule has 7 nitrogen and oxygen atoms in total. The number of carbonyl (C=O) groups is 1. The van der Waals surface area contributed by atoms with Crippen molar-refractivity contribution in [1.29, 1.82) is 0 Å². The number of para-hydroxylation sites is 2. The van der Waals surface area contributed by atoms with E-state index in [-0.39, 0.29) is 17.7 Å². The van der Waals surface area contributed by atoms with Crippen LogP contribution in [0.4, 0.5) is 0 Å². The molecule has 2 aromatic heterocycles. The van der Waals surface area contributed by atoms with Gasteiger partial charge in [-0.2, -0.15) is 4.98 Å². The molecule has 25 heavy (non-hydrogen) atoms. The highest BCUT2D eigenvalue weighted by Gasteiger charge is 2.29. The van der Waals surface area contributed by atoms with Crippen LogP contribution in [0.15, 0.2) is 38.4 Å². The van der Waals surface area contributed by atoms with E-state index in [9.17, 15) is 4.79 Å². The molecule has 0 bridgehead atoms. The van der Waals surface area contributed by atoms with Crippen LogP contribution in [-0.2, 0) is 11.3 Å². The second-order valence-corrected chi connectivity index (χ2v) is 7.16. The maximum absolute atomic E-state index is 12.4. The summed E-state index contributed by atoms with van der Waals surface area (Å²) >= 11 is 1.32. The highest BCUT2D eigenvalue weighted by molar-refractivity contribution is 8.00. The van der Waals surface area contributed by atoms with Crippen LogP contribution in [0.25, 0.3) is 11.1 Å². The zero-order valence-corrected chi connectivity index (χ0v) is 14.6. The predicted molar refractivity (Wildman–Crippen MR) is 92.1 cm³/mol. The van der Waals surface area contributed by atoms with E-state index < -0.39 is 0 Å². The van der Waals surface area contributed by atoms with Gasteiger partial charge in [-0.15, -0.1) is 0 Å². The molecule has 4 rings (SSSR count). The second-order valence-electron chi connectivity index (χ2n) is 6.00. The van der Waals surface area contributed by atoms with Crippen molar-refractivity contribution in [2.45, 2.75) is 49.1 Å². The lowest BCUT2D eigenvalue weighted by Gasteiger charge is -2.11. The van der Waals surface area contributed by atoms with E-state index >= 15 is 0 Å². The van der Waals surface area contributed by atoms with E-state index in [1.165, 1.54) is 11.8 Å². The Balaban J connectivity index is 1.36. The highest BCUT2D eigenvalue weighted by atomic mass is 32.2. The van der Waals surface area contributed by atoms with Gasteiger partial charge in [-0.25, -0.2) is 4.98 Å². The van der Waals surface area contributed by atoms with Gasteiger partial charge in [-0.05, 0) is 31.4 Å². The van der Waals surface area contributed by atoms with Crippen LogP contribution < -0.4 is 5.32 Å². The minimum atomic E-state index is -0.289. The van der Waals surface area contributed by atoms with Crippen molar-refractivity contribution in [1.82, 2.24) is 20.4 Å². The number of rotatable bonds is 7. The van der Waals surface area contributed by atoms with Gasteiger partial charge in [0.1, 0.15) is 5.52 Å². The van der Waals surface area contributed by atoms with Gasteiger partial charge in [-0.3, -0.25) is 4.79 Å². The van der Waals surface area contributed by atoms with Crippen LogP contribution in [-0.4, -0.2) is 26.3 Å². The number of thioether (sulfide) groups is 1. The Morgan fingerprint density at radius 3 is 2.96 bits per heavy atom. The Bertz CT molecular complexity index is 854. The third-order valence-electron chi connectivity index (χ3n) is 4.01. The van der Waals surface area contributed by atoms with Gasteiger partial charge in [0, 0.05) is 5.92 Å². The molecule has 1 aliphatic carbocycles. The first-order valence-corrected chi connectivity index (χ1v) is 9.23. The molecule has 130 valence electrons. The maximum atomic E-state index is 12.4. The number of fused-ring (bicyclic) bond motifs is 1. The fourth-order valence-corrected chi connectivity index (χ4v) is 3.35. The molecule has 8 heteroatoms. The number of amides is 1. The molecule has 1 saturated carbocycles. The van der Waals surface area contributed by atoms with E-state index in [2.05, 4.69) is 20.4 Å². The van der Waals surface area contributed by atoms with Crippen LogP contribution in [0.1, 0.15) is 43.8 Å². The number of benzene rings is 1. The zero-order valence-electron chi connectivity index (χ0n) is 13.8. The van der Waals surface area contributed by atoms with Crippen molar-refractivity contribution in [3.63, 3.8) is 0 Å². The Labute approximate surface area is 148 Å². The van der Waals surface area contributed by atoms with Crippen molar-refractivity contribution in [3.8, 4) is 0 Å². The van der Waals surface area contributed by atoms with Crippen LogP contribution in [0.5, 0.6) is 0 Å². The minimum absolute atomic E-state index is 0.0903. The van der Waals surface area contributed by atoms with Crippen molar-refractivity contribution in [3.05, 3.63) is 36.0 Å². The average Bonchev–Trinajstić information content (AvgIpc) is 3.22. The first-order valence-electron chi connectivity index (χ1n) is 8.35. The van der Waals surface area contributed by atoms with E-state index in [0.717, 1.165) is 23.9 Å². The lowest BCUT2D eigenvalue weighted by atomic mass is 10.3. The fourth-order valence-electron chi connectivity index (χ4n) is 2.46. The lowest BCUT2D eigenvalue weighted by Crippen LogP contribution is -2.32. The molecular weight excluding hydrogens is 340 g/mol. The first-order chi connectivity index (χ1) is 12.2. The smallest absolute Gasteiger partial charge is 0.257 e. The van der Waals surface area contributed by atoms with Gasteiger partial charge >= 0.3 is 0 Å². The van der Waals surface area contributed by atoms with Gasteiger partial charge < -0.3 is 14.3 Å². The molecule has 1 aromatic carbocycles. The molecule has 1 atom stereocenters. The summed E-state index contributed by atoms with van der Waals surface area (Å²) < 4.78 is 10.9. The normalized spacial score (nSPS) is 15.4. The Hall–Kier alpha value is -2.35. The summed E-state index contributed by atoms with van der Waals surface area (Å²) in [5.41, 5.74) is 1.51. The Kier molecular flexibility index (Phi) is 4.44. The van der Waals surface area contributed by atoms with E-state index in [1.54, 1.807) is 0 Å². The van der Waals surface area contributed by atoms with Crippen molar-refractivity contribution in [2.75, 3.05) is 0 Å². The van der Waals surface area contributed by atoms with Crippen LogP contribution in [0, 0.1) is 0 Å². The third-order valence-corrected chi connectivity index (χ3v) is 5.22. The van der Waals surface area contributed by atoms with Gasteiger partial charge in [0.25, 0.3) is 5.22 Å². The minimum Gasteiger partial charge on any atom is -0.431 e. The number of nitrogens with one attached hydrogen (secondary N) is 1. The largest absolute Gasteiger partial charge is 0.431 e. The third kappa shape index (κ3) is 3.68. The highest BCUT2D eigenvalue weighted by Crippen LogP contribution is 2.38. The van der Waals surface area contributed by atoms with E-state index in [4.69, 9.17) is 8.94 Å². The molecular formula is C17H18N4O3S. The zero-order chi connectivity index (χ0) is 17.2. The maximum Gasteiger partial charge on any atom is 0.257 e. The number of hydrogen-bond donors (Lipinski definition) is 1. The van der Waals surface area contributed by atoms with E-state index in [0.29, 0.717) is 29.3 Å². The Morgan fingerprint density at radius 1 is 1.36 bits per heavy atom. The monoisotopic (exact) mass is 358 g/mol. The molecule has 1 aliphatic rings. The summed E-state index contributed by atoms with van der Waals surface area (Å²) in [6.07, 6.45) is 2.87. The van der Waals surface area contributed by atoms with Gasteiger partial charge in [0.15, 0.2) is 11.4 Å². The average molecular weight is 358 g/mol. The van der Waals surface area contributed by atoms with Crippen LogP contribution >= 0.6 is 11.8 Å². The second kappa shape index (κ2) is 6.87. The summed E-state index contributed by atoms with van der Waals surface area (Å²) in [5.74, 6) is 1.51. The summed E-state index contributed by atoms with van der Waals surface area (Å²) in [6, 6.07) is 7.55. The topological polar surface area (TPSA) is 94.1 Å². The number of aromatic nitrogens is 3. The van der Waals surface area contributed by atoms with Crippen molar-refractivity contribution < 1.29 is 13.7 Å². The molecule has 2 heterocycles. The molecule has 0 spiro atoms. The molecule has 1 fully saturated rings. The summed E-state index contributed by atoms with van der Waals surface area (Å²) in [6.45, 7) is 2.22. The van der Waals surface area contributed by atoms with Crippen molar-refractivity contribution >= 4 is 28.8 Å². The van der Waals surface area contributed by atoms with Crippen molar-refractivity contribution in [2.24, 2.45) is 0 Å². The first kappa shape index (κ1) is 16.1. The van der Waals surface area contributed by atoms with E-state index in [1.807, 2.05) is 31.2 Å². The molecule has 0 saturated heterocycles. The number of carbonyl (C=O) groups excluding carboxylic acids is 1. The lowest BCUT2D eigenvalue weighted by molar-refractivity contribution is -0.120. The molecule has 1 unspecified atom stereocenters. The summed E-state index contributed by atoms with van der Waals surface area (Å²) in [7, 11) is 0. The van der Waals surface area contributed by atoms with Gasteiger partial charge in [-0.1, -0.05) is 36.0 Å². The number of hydrogen-bond acceptors (Lipinski definition) is 7. The fraction of sp³-hybridized carbons (Fsp3) is 0.412. The SMILES string of the molecule is CCC(Sc1nc2ccccc2o1)C(=O)NCc1noc(C2CC2)n1. The number of nitrogens with zero attached hydrogens (tertiary/aromatic N) is 3. The van der Waals surface area contributed by atoms with Gasteiger partial charge in [0.2, 0.25) is 11.8 Å². The summed E-state index contributed by atoms with van der Waals surface area (Å²) in [5, 5.41) is 6.98. The van der Waals surface area contributed by atoms with Crippen LogP contribution in [0.3, 0.4) is 0 Å².